The van der Waals surface area contributed by atoms with Crippen molar-refractivity contribution in [3.8, 4) is 0 Å². The molecule has 0 saturated carbocycles. The van der Waals surface area contributed by atoms with E-state index >= 15 is 0 Å². The fourth-order valence-electron chi connectivity index (χ4n) is 1.98. The number of morpholine rings is 1. The van der Waals surface area contributed by atoms with Crippen LogP contribution in [0.5, 0.6) is 0 Å². The molecule has 1 heterocycles. The van der Waals surface area contributed by atoms with Gasteiger partial charge >= 0.3 is 6.03 Å². The minimum Gasteiger partial charge on any atom is -0.378 e. The van der Waals surface area contributed by atoms with Gasteiger partial charge in [0, 0.05) is 24.5 Å². The Labute approximate surface area is 101 Å². The zero-order chi connectivity index (χ0) is 12.3. The minimum absolute atomic E-state index is 0.538. The fourth-order valence-corrected chi connectivity index (χ4v) is 1.98. The number of anilines is 2. The summed E-state index contributed by atoms with van der Waals surface area (Å²) in [7, 11) is 0. The number of hydrogen-bond donors (Lipinski definition) is 2. The summed E-state index contributed by atoms with van der Waals surface area (Å²) in [4.78, 5) is 13.1. The molecule has 0 bridgehead atoms. The van der Waals surface area contributed by atoms with Gasteiger partial charge in [-0.15, -0.1) is 0 Å². The lowest BCUT2D eigenvalue weighted by molar-refractivity contribution is 0.122. The van der Waals surface area contributed by atoms with Crippen LogP contribution in [0, 0.1) is 6.92 Å². The van der Waals surface area contributed by atoms with Gasteiger partial charge in [0.05, 0.1) is 13.2 Å². The number of nitrogens with zero attached hydrogens (tertiary/aromatic N) is 1. The zero-order valence-electron chi connectivity index (χ0n) is 9.90. The van der Waals surface area contributed by atoms with Gasteiger partial charge in [0.25, 0.3) is 0 Å². The standard InChI is InChI=1S/C12H17N3O2/c1-9-6-10(14-12(13)16)8-11(7-9)15-2-4-17-5-3-15/h6-8H,2-5H2,1H3,(H3,13,14,16). The van der Waals surface area contributed by atoms with Crippen molar-refractivity contribution in [1.82, 2.24) is 0 Å². The highest BCUT2D eigenvalue weighted by atomic mass is 16.5. The highest BCUT2D eigenvalue weighted by Gasteiger charge is 2.12. The second-order valence-corrected chi connectivity index (χ2v) is 4.15. The molecule has 5 heteroatoms. The predicted molar refractivity (Wildman–Crippen MR) is 67.4 cm³/mol. The number of ether oxygens (including phenoxy) is 1. The van der Waals surface area contributed by atoms with Crippen molar-refractivity contribution >= 4 is 17.4 Å². The first-order chi connectivity index (χ1) is 8.15. The van der Waals surface area contributed by atoms with Gasteiger partial charge in [-0.05, 0) is 30.7 Å². The molecule has 1 fully saturated rings. The lowest BCUT2D eigenvalue weighted by Crippen LogP contribution is -2.36. The Bertz CT molecular complexity index is 414. The van der Waals surface area contributed by atoms with Gasteiger partial charge in [0.1, 0.15) is 0 Å². The van der Waals surface area contributed by atoms with Crippen molar-refractivity contribution in [1.29, 1.82) is 0 Å². The molecule has 17 heavy (non-hydrogen) atoms. The van der Waals surface area contributed by atoms with Crippen LogP contribution in [0.25, 0.3) is 0 Å². The molecule has 1 aromatic carbocycles. The van der Waals surface area contributed by atoms with Crippen LogP contribution in [0.1, 0.15) is 5.56 Å². The number of nitrogens with two attached hydrogens (primary N) is 1. The summed E-state index contributed by atoms with van der Waals surface area (Å²) in [6.07, 6.45) is 0. The Hall–Kier alpha value is -1.75. The molecule has 1 aromatic rings. The van der Waals surface area contributed by atoms with Crippen LogP contribution in [0.2, 0.25) is 0 Å². The highest BCUT2D eigenvalue weighted by molar-refractivity contribution is 5.88. The van der Waals surface area contributed by atoms with E-state index in [9.17, 15) is 4.79 Å². The number of amides is 2. The maximum absolute atomic E-state index is 10.8. The summed E-state index contributed by atoms with van der Waals surface area (Å²) < 4.78 is 5.31. The van der Waals surface area contributed by atoms with E-state index in [1.807, 2.05) is 19.1 Å². The maximum atomic E-state index is 10.8. The maximum Gasteiger partial charge on any atom is 0.316 e. The molecular weight excluding hydrogens is 218 g/mol. The van der Waals surface area contributed by atoms with Crippen LogP contribution in [-0.4, -0.2) is 32.3 Å². The summed E-state index contributed by atoms with van der Waals surface area (Å²) >= 11 is 0. The average molecular weight is 235 g/mol. The number of urea groups is 1. The molecule has 0 aromatic heterocycles. The third kappa shape index (κ3) is 3.10. The van der Waals surface area contributed by atoms with E-state index in [1.165, 1.54) is 0 Å². The summed E-state index contributed by atoms with van der Waals surface area (Å²) in [5.74, 6) is 0. The van der Waals surface area contributed by atoms with Crippen molar-refractivity contribution in [2.75, 3.05) is 36.5 Å². The summed E-state index contributed by atoms with van der Waals surface area (Å²) in [5, 5.41) is 2.61. The topological polar surface area (TPSA) is 67.6 Å². The molecule has 0 radical (unpaired) electrons. The highest BCUT2D eigenvalue weighted by Crippen LogP contribution is 2.23. The molecule has 5 nitrogen and oxygen atoms in total. The van der Waals surface area contributed by atoms with E-state index in [0.29, 0.717) is 0 Å². The number of aryl methyl sites for hydroxylation is 1. The Morgan fingerprint density at radius 1 is 1.35 bits per heavy atom. The van der Waals surface area contributed by atoms with E-state index < -0.39 is 6.03 Å². The number of carbonyl (C=O) groups excluding carboxylic acids is 1. The monoisotopic (exact) mass is 235 g/mol. The number of hydrogen-bond acceptors (Lipinski definition) is 3. The van der Waals surface area contributed by atoms with E-state index in [4.69, 9.17) is 10.5 Å². The third-order valence-corrected chi connectivity index (χ3v) is 2.71. The number of primary amides is 1. The van der Waals surface area contributed by atoms with Crippen LogP contribution in [0.4, 0.5) is 16.2 Å². The number of benzene rings is 1. The van der Waals surface area contributed by atoms with Gasteiger partial charge in [-0.2, -0.15) is 0 Å². The van der Waals surface area contributed by atoms with Crippen molar-refractivity contribution in [3.63, 3.8) is 0 Å². The van der Waals surface area contributed by atoms with E-state index in [-0.39, 0.29) is 0 Å². The normalized spacial score (nSPS) is 15.7. The fraction of sp³-hybridized carbons (Fsp3) is 0.417. The van der Waals surface area contributed by atoms with Gasteiger partial charge in [-0.25, -0.2) is 4.79 Å². The largest absolute Gasteiger partial charge is 0.378 e. The first kappa shape index (κ1) is 11.7. The van der Waals surface area contributed by atoms with Gasteiger partial charge in [0.15, 0.2) is 0 Å². The molecule has 1 aliphatic heterocycles. The summed E-state index contributed by atoms with van der Waals surface area (Å²) in [6.45, 7) is 5.23. The molecule has 2 rings (SSSR count). The average Bonchev–Trinajstić information content (AvgIpc) is 2.28. The van der Waals surface area contributed by atoms with Crippen molar-refractivity contribution < 1.29 is 9.53 Å². The number of rotatable bonds is 2. The Balaban J connectivity index is 2.20. The first-order valence-electron chi connectivity index (χ1n) is 5.66. The SMILES string of the molecule is Cc1cc(NC(N)=O)cc(N2CCOCC2)c1. The zero-order valence-corrected chi connectivity index (χ0v) is 9.90. The van der Waals surface area contributed by atoms with E-state index in [0.717, 1.165) is 43.2 Å². The molecule has 0 unspecified atom stereocenters. The molecule has 2 amide bonds. The molecular formula is C12H17N3O2. The molecule has 0 atom stereocenters. The van der Waals surface area contributed by atoms with Crippen LogP contribution >= 0.6 is 0 Å². The molecule has 3 N–H and O–H groups in total. The van der Waals surface area contributed by atoms with Crippen LogP contribution in [-0.2, 0) is 4.74 Å². The van der Waals surface area contributed by atoms with Gasteiger partial charge in [-0.3, -0.25) is 0 Å². The van der Waals surface area contributed by atoms with Crippen molar-refractivity contribution in [3.05, 3.63) is 23.8 Å². The van der Waals surface area contributed by atoms with Crippen LogP contribution in [0.3, 0.4) is 0 Å². The van der Waals surface area contributed by atoms with Gasteiger partial charge in [0.2, 0.25) is 0 Å². The second kappa shape index (κ2) is 5.05. The number of carbonyl (C=O) groups is 1. The van der Waals surface area contributed by atoms with Crippen molar-refractivity contribution in [2.24, 2.45) is 5.73 Å². The first-order valence-corrected chi connectivity index (χ1v) is 5.66. The van der Waals surface area contributed by atoms with Crippen molar-refractivity contribution in [2.45, 2.75) is 6.92 Å². The minimum atomic E-state index is -0.538. The Kier molecular flexibility index (Phi) is 3.49. The lowest BCUT2D eigenvalue weighted by atomic mass is 10.1. The number of nitrogens with one attached hydrogen (secondary N) is 1. The summed E-state index contributed by atoms with van der Waals surface area (Å²) in [6, 6.07) is 5.39. The van der Waals surface area contributed by atoms with Crippen LogP contribution < -0.4 is 16.0 Å². The predicted octanol–water partition coefficient (Wildman–Crippen LogP) is 1.32. The van der Waals surface area contributed by atoms with Gasteiger partial charge in [-0.1, -0.05) is 0 Å². The molecule has 1 saturated heterocycles. The Morgan fingerprint density at radius 3 is 2.71 bits per heavy atom. The summed E-state index contributed by atoms with van der Waals surface area (Å²) in [5.41, 5.74) is 8.04. The molecule has 0 aliphatic carbocycles. The quantitative estimate of drug-likeness (QED) is 0.812. The van der Waals surface area contributed by atoms with E-state index in [2.05, 4.69) is 16.3 Å². The molecule has 92 valence electrons. The second-order valence-electron chi connectivity index (χ2n) is 4.15. The van der Waals surface area contributed by atoms with Gasteiger partial charge < -0.3 is 20.7 Å². The molecule has 1 aliphatic rings. The molecule has 0 spiro atoms. The third-order valence-electron chi connectivity index (χ3n) is 2.71. The lowest BCUT2D eigenvalue weighted by Gasteiger charge is -2.29. The van der Waals surface area contributed by atoms with Crippen LogP contribution in [0.15, 0.2) is 18.2 Å². The Morgan fingerprint density at radius 2 is 2.06 bits per heavy atom. The smallest absolute Gasteiger partial charge is 0.316 e. The van der Waals surface area contributed by atoms with E-state index in [1.54, 1.807) is 0 Å².